The standard InChI is InChI=1S/C20H23N5O/c1-24-18-7-3-2-6-17(18)23-20(24)15-8-11-25(12-9-15)19(26)14-22-16-5-4-10-21-13-16/h2-7,10,13,15,22H,8-9,11-12,14H2,1H3. The molecule has 134 valence electrons. The molecule has 0 radical (unpaired) electrons. The van der Waals surface area contributed by atoms with E-state index in [2.05, 4.69) is 34.0 Å². The number of rotatable bonds is 4. The molecule has 0 unspecified atom stereocenters. The minimum atomic E-state index is 0.136. The first-order valence-electron chi connectivity index (χ1n) is 9.05. The summed E-state index contributed by atoms with van der Waals surface area (Å²) in [5.74, 6) is 1.67. The van der Waals surface area contributed by atoms with Crippen molar-refractivity contribution in [1.29, 1.82) is 0 Å². The van der Waals surface area contributed by atoms with Gasteiger partial charge in [0.1, 0.15) is 5.82 Å². The van der Waals surface area contributed by atoms with E-state index in [1.54, 1.807) is 12.4 Å². The molecular weight excluding hydrogens is 326 g/mol. The molecule has 1 aliphatic rings. The van der Waals surface area contributed by atoms with Crippen molar-refractivity contribution in [3.05, 3.63) is 54.6 Å². The number of fused-ring (bicyclic) bond motifs is 1. The number of aromatic nitrogens is 3. The summed E-state index contributed by atoms with van der Waals surface area (Å²) < 4.78 is 2.20. The molecule has 0 bridgehead atoms. The number of pyridine rings is 1. The molecule has 1 fully saturated rings. The van der Waals surface area contributed by atoms with Crippen LogP contribution in [0.25, 0.3) is 11.0 Å². The van der Waals surface area contributed by atoms with E-state index >= 15 is 0 Å². The van der Waals surface area contributed by atoms with Crippen LogP contribution < -0.4 is 5.32 Å². The molecule has 4 rings (SSSR count). The second-order valence-corrected chi connectivity index (χ2v) is 6.77. The molecule has 0 saturated carbocycles. The summed E-state index contributed by atoms with van der Waals surface area (Å²) in [5, 5.41) is 3.14. The highest BCUT2D eigenvalue weighted by Gasteiger charge is 2.26. The third kappa shape index (κ3) is 3.27. The predicted octanol–water partition coefficient (Wildman–Crippen LogP) is 2.79. The predicted molar refractivity (Wildman–Crippen MR) is 102 cm³/mol. The van der Waals surface area contributed by atoms with Crippen LogP contribution in [0.1, 0.15) is 24.6 Å². The van der Waals surface area contributed by atoms with Crippen LogP contribution >= 0.6 is 0 Å². The summed E-state index contributed by atoms with van der Waals surface area (Å²) in [6.07, 6.45) is 5.36. The van der Waals surface area contributed by atoms with Gasteiger partial charge in [-0.15, -0.1) is 0 Å². The average Bonchev–Trinajstić information content (AvgIpc) is 3.04. The van der Waals surface area contributed by atoms with E-state index in [1.165, 1.54) is 5.52 Å². The fourth-order valence-corrected chi connectivity index (χ4v) is 3.67. The van der Waals surface area contributed by atoms with E-state index < -0.39 is 0 Å². The monoisotopic (exact) mass is 349 g/mol. The van der Waals surface area contributed by atoms with Gasteiger partial charge in [0.15, 0.2) is 0 Å². The van der Waals surface area contributed by atoms with Crippen molar-refractivity contribution in [2.45, 2.75) is 18.8 Å². The van der Waals surface area contributed by atoms with E-state index in [-0.39, 0.29) is 5.91 Å². The number of nitrogens with one attached hydrogen (secondary N) is 1. The number of carbonyl (C=O) groups excluding carboxylic acids is 1. The number of benzene rings is 1. The molecule has 1 aliphatic heterocycles. The Kier molecular flexibility index (Phi) is 4.56. The number of hydrogen-bond donors (Lipinski definition) is 1. The van der Waals surface area contributed by atoms with Crippen molar-refractivity contribution >= 4 is 22.6 Å². The Balaban J connectivity index is 1.36. The Morgan fingerprint density at radius 1 is 1.19 bits per heavy atom. The summed E-state index contributed by atoms with van der Waals surface area (Å²) >= 11 is 0. The van der Waals surface area contributed by atoms with Crippen LogP contribution in [0.4, 0.5) is 5.69 Å². The highest BCUT2D eigenvalue weighted by Crippen LogP contribution is 2.29. The third-order valence-corrected chi connectivity index (χ3v) is 5.14. The molecule has 1 saturated heterocycles. The SMILES string of the molecule is Cn1c(C2CCN(C(=O)CNc3cccnc3)CC2)nc2ccccc21. The molecular formula is C20H23N5O. The van der Waals surface area contributed by atoms with Gasteiger partial charge in [-0.05, 0) is 37.1 Å². The number of para-hydroxylation sites is 2. The normalized spacial score (nSPS) is 15.3. The van der Waals surface area contributed by atoms with Crippen LogP contribution in [0.3, 0.4) is 0 Å². The Morgan fingerprint density at radius 2 is 2.00 bits per heavy atom. The molecule has 3 aromatic rings. The minimum Gasteiger partial charge on any atom is -0.375 e. The number of imidazole rings is 1. The Morgan fingerprint density at radius 3 is 2.73 bits per heavy atom. The van der Waals surface area contributed by atoms with Crippen LogP contribution in [-0.2, 0) is 11.8 Å². The van der Waals surface area contributed by atoms with Gasteiger partial charge in [-0.2, -0.15) is 0 Å². The molecule has 26 heavy (non-hydrogen) atoms. The van der Waals surface area contributed by atoms with Gasteiger partial charge < -0.3 is 14.8 Å². The van der Waals surface area contributed by atoms with Crippen molar-refractivity contribution in [2.24, 2.45) is 7.05 Å². The van der Waals surface area contributed by atoms with Crippen molar-refractivity contribution in [3.63, 3.8) is 0 Å². The van der Waals surface area contributed by atoms with E-state index in [4.69, 9.17) is 4.98 Å². The lowest BCUT2D eigenvalue weighted by atomic mass is 9.96. The van der Waals surface area contributed by atoms with Gasteiger partial charge in [0.05, 0.1) is 23.3 Å². The Bertz CT molecular complexity index is 897. The van der Waals surface area contributed by atoms with E-state index in [1.807, 2.05) is 29.2 Å². The zero-order valence-electron chi connectivity index (χ0n) is 14.9. The molecule has 1 amide bonds. The topological polar surface area (TPSA) is 63.1 Å². The van der Waals surface area contributed by atoms with Gasteiger partial charge in [0.25, 0.3) is 0 Å². The highest BCUT2D eigenvalue weighted by molar-refractivity contribution is 5.81. The van der Waals surface area contributed by atoms with Crippen LogP contribution in [0.2, 0.25) is 0 Å². The van der Waals surface area contributed by atoms with Crippen molar-refractivity contribution in [3.8, 4) is 0 Å². The second kappa shape index (κ2) is 7.15. The number of carbonyl (C=O) groups is 1. The number of hydrogen-bond acceptors (Lipinski definition) is 4. The second-order valence-electron chi connectivity index (χ2n) is 6.77. The molecule has 0 aliphatic carbocycles. The van der Waals surface area contributed by atoms with E-state index in [0.717, 1.165) is 43.0 Å². The van der Waals surface area contributed by atoms with Crippen LogP contribution in [0.5, 0.6) is 0 Å². The van der Waals surface area contributed by atoms with E-state index in [0.29, 0.717) is 12.5 Å². The van der Waals surface area contributed by atoms with Gasteiger partial charge in [-0.3, -0.25) is 9.78 Å². The van der Waals surface area contributed by atoms with Crippen LogP contribution in [0.15, 0.2) is 48.8 Å². The minimum absolute atomic E-state index is 0.136. The number of aryl methyl sites for hydroxylation is 1. The number of likely N-dealkylation sites (tertiary alicyclic amines) is 1. The number of nitrogens with zero attached hydrogens (tertiary/aromatic N) is 4. The molecule has 2 aromatic heterocycles. The molecule has 6 heteroatoms. The van der Waals surface area contributed by atoms with Gasteiger partial charge in [0.2, 0.25) is 5.91 Å². The fraction of sp³-hybridized carbons (Fsp3) is 0.350. The summed E-state index contributed by atoms with van der Waals surface area (Å²) in [6, 6.07) is 12.0. The lowest BCUT2D eigenvalue weighted by Gasteiger charge is -2.31. The van der Waals surface area contributed by atoms with Gasteiger partial charge in [-0.1, -0.05) is 12.1 Å². The van der Waals surface area contributed by atoms with Crippen molar-refractivity contribution < 1.29 is 4.79 Å². The zero-order chi connectivity index (χ0) is 17.9. The van der Waals surface area contributed by atoms with E-state index in [9.17, 15) is 4.79 Å². The van der Waals surface area contributed by atoms with Crippen LogP contribution in [-0.4, -0.2) is 45.0 Å². The molecule has 0 atom stereocenters. The largest absolute Gasteiger partial charge is 0.375 e. The lowest BCUT2D eigenvalue weighted by molar-refractivity contribution is -0.130. The van der Waals surface area contributed by atoms with Gasteiger partial charge in [0, 0.05) is 38.4 Å². The highest BCUT2D eigenvalue weighted by atomic mass is 16.2. The smallest absolute Gasteiger partial charge is 0.241 e. The molecule has 0 spiro atoms. The van der Waals surface area contributed by atoms with Crippen LogP contribution in [0, 0.1) is 0 Å². The quantitative estimate of drug-likeness (QED) is 0.787. The summed E-state index contributed by atoms with van der Waals surface area (Å²) in [7, 11) is 2.08. The van der Waals surface area contributed by atoms with Gasteiger partial charge in [-0.25, -0.2) is 4.98 Å². The molecule has 1 aromatic carbocycles. The Hall–Kier alpha value is -2.89. The number of amides is 1. The summed E-state index contributed by atoms with van der Waals surface area (Å²) in [6.45, 7) is 1.87. The van der Waals surface area contributed by atoms with Crippen molar-refractivity contribution in [1.82, 2.24) is 19.4 Å². The molecule has 6 nitrogen and oxygen atoms in total. The Labute approximate surface area is 152 Å². The molecule has 1 N–H and O–H groups in total. The van der Waals surface area contributed by atoms with Crippen molar-refractivity contribution in [2.75, 3.05) is 25.0 Å². The maximum Gasteiger partial charge on any atom is 0.241 e. The number of piperidine rings is 1. The van der Waals surface area contributed by atoms with Gasteiger partial charge >= 0.3 is 0 Å². The first-order chi connectivity index (χ1) is 12.7. The fourth-order valence-electron chi connectivity index (χ4n) is 3.67. The maximum atomic E-state index is 12.4. The summed E-state index contributed by atoms with van der Waals surface area (Å²) in [5.41, 5.74) is 3.08. The number of anilines is 1. The molecule has 3 heterocycles. The first kappa shape index (κ1) is 16.6. The third-order valence-electron chi connectivity index (χ3n) is 5.14. The lowest BCUT2D eigenvalue weighted by Crippen LogP contribution is -2.41. The average molecular weight is 349 g/mol. The maximum absolute atomic E-state index is 12.4. The first-order valence-corrected chi connectivity index (χ1v) is 9.05. The summed E-state index contributed by atoms with van der Waals surface area (Å²) in [4.78, 5) is 23.3. The zero-order valence-corrected chi connectivity index (χ0v) is 14.9.